The number of hydrogen-bond donors (Lipinski definition) is 0. The minimum Gasteiger partial charge on any atom is -0.490 e. The number of hydrogen-bond acceptors (Lipinski definition) is 4. The molecule has 0 spiro atoms. The Morgan fingerprint density at radius 1 is 1.24 bits per heavy atom. The number of esters is 1. The second-order valence-corrected chi connectivity index (χ2v) is 7.43. The molecule has 1 atom stereocenters. The lowest BCUT2D eigenvalue weighted by Gasteiger charge is -2.32. The number of ether oxygens (including phenoxy) is 2. The summed E-state index contributed by atoms with van der Waals surface area (Å²) in [6.45, 7) is 6.01. The van der Waals surface area contributed by atoms with Gasteiger partial charge in [-0.3, -0.25) is 9.69 Å². The number of rotatable bonds is 5. The van der Waals surface area contributed by atoms with Crippen molar-refractivity contribution in [2.45, 2.75) is 19.3 Å². The Balaban J connectivity index is 1.72. The van der Waals surface area contributed by atoms with Crippen molar-refractivity contribution >= 4 is 29.2 Å². The molecule has 6 heteroatoms. The molecule has 2 heterocycles. The van der Waals surface area contributed by atoms with E-state index >= 15 is 0 Å². The number of carbonyl (C=O) groups excluding carboxylic acids is 2. The number of anilines is 1. The summed E-state index contributed by atoms with van der Waals surface area (Å²) in [4.78, 5) is 27.2. The highest BCUT2D eigenvalue weighted by Crippen LogP contribution is 2.42. The lowest BCUT2D eigenvalue weighted by molar-refractivity contribution is -0.136. The van der Waals surface area contributed by atoms with Crippen molar-refractivity contribution in [3.63, 3.8) is 0 Å². The molecule has 2 aliphatic heterocycles. The second kappa shape index (κ2) is 7.76. The van der Waals surface area contributed by atoms with Crippen LogP contribution in [0.25, 0.3) is 0 Å². The van der Waals surface area contributed by atoms with Gasteiger partial charge in [0.15, 0.2) is 0 Å². The van der Waals surface area contributed by atoms with Gasteiger partial charge in [0.2, 0.25) is 5.91 Å². The predicted octanol–water partition coefficient (Wildman–Crippen LogP) is 4.54. The molecule has 2 aliphatic rings. The second-order valence-electron chi connectivity index (χ2n) is 7.02. The zero-order valence-electron chi connectivity index (χ0n) is 16.0. The molecular weight excluding hydrogens is 390 g/mol. The van der Waals surface area contributed by atoms with Crippen molar-refractivity contribution in [1.82, 2.24) is 0 Å². The van der Waals surface area contributed by atoms with Gasteiger partial charge in [-0.25, -0.2) is 4.79 Å². The Labute approximate surface area is 174 Å². The van der Waals surface area contributed by atoms with Crippen LogP contribution < -0.4 is 9.64 Å². The van der Waals surface area contributed by atoms with E-state index in [0.29, 0.717) is 34.3 Å². The van der Waals surface area contributed by atoms with Crippen molar-refractivity contribution in [3.8, 4) is 5.75 Å². The zero-order chi connectivity index (χ0) is 20.5. The quantitative estimate of drug-likeness (QED) is 0.537. The summed E-state index contributed by atoms with van der Waals surface area (Å²) in [6, 6.07) is 12.9. The number of halogens is 1. The van der Waals surface area contributed by atoms with Crippen molar-refractivity contribution in [3.05, 3.63) is 82.5 Å². The molecule has 2 aromatic rings. The van der Waals surface area contributed by atoms with Crippen molar-refractivity contribution < 1.29 is 19.1 Å². The summed E-state index contributed by atoms with van der Waals surface area (Å²) in [5.74, 6) is -0.125. The molecular formula is C23H20ClNO4. The third-order valence-electron chi connectivity index (χ3n) is 5.18. The van der Waals surface area contributed by atoms with Crippen LogP contribution in [0.4, 0.5) is 5.69 Å². The van der Waals surface area contributed by atoms with E-state index < -0.39 is 0 Å². The summed E-state index contributed by atoms with van der Waals surface area (Å²) in [6.07, 6.45) is 1.84. The Kier molecular flexibility index (Phi) is 5.16. The molecule has 0 N–H and O–H groups in total. The number of cyclic esters (lactones) is 1. The van der Waals surface area contributed by atoms with Crippen molar-refractivity contribution in [2.75, 3.05) is 18.1 Å². The van der Waals surface area contributed by atoms with Crippen LogP contribution in [0, 0.1) is 6.92 Å². The molecule has 0 bridgehead atoms. The van der Waals surface area contributed by atoms with E-state index in [-0.39, 0.29) is 30.8 Å². The number of aryl methyl sites for hydroxylation is 1. The lowest BCUT2D eigenvalue weighted by Crippen LogP contribution is -2.37. The number of amides is 1. The van der Waals surface area contributed by atoms with E-state index in [1.165, 1.54) is 0 Å². The van der Waals surface area contributed by atoms with Gasteiger partial charge in [0, 0.05) is 17.4 Å². The van der Waals surface area contributed by atoms with E-state index in [1.807, 2.05) is 43.3 Å². The Bertz CT molecular complexity index is 1030. The average Bonchev–Trinajstić information content (AvgIpc) is 3.10. The van der Waals surface area contributed by atoms with E-state index in [0.717, 1.165) is 11.1 Å². The molecule has 0 saturated heterocycles. The van der Waals surface area contributed by atoms with Gasteiger partial charge in [0.05, 0.1) is 17.0 Å². The topological polar surface area (TPSA) is 55.8 Å². The summed E-state index contributed by atoms with van der Waals surface area (Å²) < 4.78 is 10.8. The highest BCUT2D eigenvalue weighted by Gasteiger charge is 2.43. The van der Waals surface area contributed by atoms with Gasteiger partial charge < -0.3 is 9.47 Å². The van der Waals surface area contributed by atoms with Gasteiger partial charge in [-0.15, -0.1) is 0 Å². The Morgan fingerprint density at radius 3 is 2.69 bits per heavy atom. The fraction of sp³-hybridized carbons (Fsp3) is 0.217. The minimum atomic E-state index is -0.382. The van der Waals surface area contributed by atoms with Gasteiger partial charge >= 0.3 is 5.97 Å². The molecule has 0 fully saturated rings. The maximum atomic E-state index is 13.1. The van der Waals surface area contributed by atoms with E-state index in [4.69, 9.17) is 21.1 Å². The first-order chi connectivity index (χ1) is 14.0. The number of benzene rings is 2. The first-order valence-corrected chi connectivity index (χ1v) is 9.70. The molecule has 5 nitrogen and oxygen atoms in total. The number of carbonyl (C=O) groups is 2. The fourth-order valence-corrected chi connectivity index (χ4v) is 3.89. The smallest absolute Gasteiger partial charge is 0.336 e. The highest BCUT2D eigenvalue weighted by atomic mass is 35.5. The molecule has 0 unspecified atom stereocenters. The molecule has 0 saturated carbocycles. The van der Waals surface area contributed by atoms with E-state index in [1.54, 1.807) is 17.0 Å². The van der Waals surface area contributed by atoms with Crippen LogP contribution in [-0.2, 0) is 14.3 Å². The largest absolute Gasteiger partial charge is 0.490 e. The van der Waals surface area contributed by atoms with Crippen molar-refractivity contribution in [2.24, 2.45) is 0 Å². The first kappa shape index (κ1) is 19.3. The van der Waals surface area contributed by atoms with Gasteiger partial charge in [0.1, 0.15) is 19.0 Å². The monoisotopic (exact) mass is 409 g/mol. The molecule has 4 rings (SSSR count). The Morgan fingerprint density at radius 2 is 2.00 bits per heavy atom. The number of nitrogens with zero attached hydrogens (tertiary/aromatic N) is 1. The van der Waals surface area contributed by atoms with E-state index in [9.17, 15) is 9.59 Å². The molecule has 29 heavy (non-hydrogen) atoms. The molecule has 0 aliphatic carbocycles. The molecule has 0 radical (unpaired) electrons. The molecule has 148 valence electrons. The van der Waals surface area contributed by atoms with Gasteiger partial charge in [0.25, 0.3) is 0 Å². The summed E-state index contributed by atoms with van der Waals surface area (Å²) in [7, 11) is 0. The van der Waals surface area contributed by atoms with Crippen molar-refractivity contribution in [1.29, 1.82) is 0 Å². The zero-order valence-corrected chi connectivity index (χ0v) is 16.7. The molecule has 0 aromatic heterocycles. The molecule has 2 aromatic carbocycles. The normalized spacial score (nSPS) is 18.6. The summed E-state index contributed by atoms with van der Waals surface area (Å²) in [5.41, 5.74) is 3.55. The third kappa shape index (κ3) is 3.54. The van der Waals surface area contributed by atoms with Crippen LogP contribution in [0.1, 0.15) is 23.5 Å². The maximum absolute atomic E-state index is 13.1. The predicted molar refractivity (Wildman–Crippen MR) is 111 cm³/mol. The maximum Gasteiger partial charge on any atom is 0.336 e. The minimum absolute atomic E-state index is 0.0719. The average molecular weight is 410 g/mol. The lowest BCUT2D eigenvalue weighted by atomic mass is 9.84. The van der Waals surface area contributed by atoms with E-state index in [2.05, 4.69) is 6.58 Å². The highest BCUT2D eigenvalue weighted by molar-refractivity contribution is 6.31. The van der Waals surface area contributed by atoms with Crippen LogP contribution in [0.3, 0.4) is 0 Å². The van der Waals surface area contributed by atoms with Crippen LogP contribution in [-0.4, -0.2) is 25.1 Å². The van der Waals surface area contributed by atoms with Gasteiger partial charge in [-0.1, -0.05) is 42.5 Å². The van der Waals surface area contributed by atoms with Gasteiger partial charge in [-0.2, -0.15) is 0 Å². The SMILES string of the molecule is C=CCOc1ccc([C@H]2CC(=O)N(c3ccc(C)c(Cl)c3)C3=C2C(=O)OC3)cc1. The third-order valence-corrected chi connectivity index (χ3v) is 5.59. The fourth-order valence-electron chi connectivity index (χ4n) is 3.71. The van der Waals surface area contributed by atoms with Crippen LogP contribution in [0.2, 0.25) is 5.02 Å². The van der Waals surface area contributed by atoms with Crippen LogP contribution in [0.5, 0.6) is 5.75 Å². The summed E-state index contributed by atoms with van der Waals surface area (Å²) >= 11 is 6.26. The van der Waals surface area contributed by atoms with Gasteiger partial charge in [-0.05, 0) is 42.3 Å². The summed E-state index contributed by atoms with van der Waals surface area (Å²) in [5, 5.41) is 0.569. The van der Waals surface area contributed by atoms with Crippen LogP contribution in [0.15, 0.2) is 66.4 Å². The Hall–Kier alpha value is -3.05. The first-order valence-electron chi connectivity index (χ1n) is 9.32. The standard InChI is InChI=1S/C23H20ClNO4/c1-3-10-28-17-8-5-15(6-9-17)18-12-21(26)25(20-13-29-23(27)22(18)20)16-7-4-14(2)19(24)11-16/h3-9,11,18H,1,10,12-13H2,2H3/t18-/m1/s1. The van der Waals surface area contributed by atoms with Crippen LogP contribution >= 0.6 is 11.6 Å². The molecule has 1 amide bonds.